The van der Waals surface area contributed by atoms with Gasteiger partial charge in [-0.05, 0) is 44.2 Å². The third-order valence-corrected chi connectivity index (χ3v) is 4.54. The molecular weight excluding hydrogens is 376 g/mol. The van der Waals surface area contributed by atoms with Gasteiger partial charge in [-0.25, -0.2) is 0 Å². The van der Waals surface area contributed by atoms with E-state index in [0.717, 1.165) is 22.4 Å². The van der Waals surface area contributed by atoms with Crippen molar-refractivity contribution < 1.29 is 9.59 Å². The Kier molecular flexibility index (Phi) is 6.56. The molecule has 0 saturated heterocycles. The Labute approximate surface area is 175 Å². The fourth-order valence-electron chi connectivity index (χ4n) is 2.91. The molecule has 1 heterocycles. The average Bonchev–Trinajstić information content (AvgIpc) is 3.14. The third kappa shape index (κ3) is 5.30. The quantitative estimate of drug-likeness (QED) is 0.464. The summed E-state index contributed by atoms with van der Waals surface area (Å²) >= 11 is 0. The first-order valence-corrected chi connectivity index (χ1v) is 9.58. The maximum Gasteiger partial charge on any atom is 0.248 e. The van der Waals surface area contributed by atoms with Gasteiger partial charge in [-0.3, -0.25) is 14.3 Å². The van der Waals surface area contributed by atoms with Crippen molar-refractivity contribution >= 4 is 23.5 Å². The first-order valence-electron chi connectivity index (χ1n) is 9.58. The monoisotopic (exact) mass is 398 g/mol. The number of carbonyl (C=O) groups excluding carboxylic acids is 2. The van der Waals surface area contributed by atoms with Crippen LogP contribution >= 0.6 is 0 Å². The zero-order valence-electron chi connectivity index (χ0n) is 16.9. The number of hydrogen-bond acceptors (Lipinski definition) is 4. The summed E-state index contributed by atoms with van der Waals surface area (Å²) in [6.07, 6.45) is 5.35. The number of benzene rings is 2. The van der Waals surface area contributed by atoms with Gasteiger partial charge in [0.1, 0.15) is 0 Å². The smallest absolute Gasteiger partial charge is 0.248 e. The lowest BCUT2D eigenvalue weighted by molar-refractivity contribution is -0.111. The lowest BCUT2D eigenvalue weighted by Crippen LogP contribution is -2.07. The minimum absolute atomic E-state index is 0.0233. The number of aromatic nitrogens is 2. The summed E-state index contributed by atoms with van der Waals surface area (Å²) in [5, 5.41) is 16.2. The van der Waals surface area contributed by atoms with Gasteiger partial charge in [-0.2, -0.15) is 10.4 Å². The van der Waals surface area contributed by atoms with Crippen molar-refractivity contribution in [2.24, 2.45) is 0 Å². The molecule has 0 radical (unpaired) electrons. The van der Waals surface area contributed by atoms with Gasteiger partial charge in [0.15, 0.2) is 5.78 Å². The maximum absolute atomic E-state index is 12.3. The van der Waals surface area contributed by atoms with Crippen LogP contribution in [0.3, 0.4) is 0 Å². The second kappa shape index (κ2) is 9.48. The first-order chi connectivity index (χ1) is 14.5. The standard InChI is InChI=1S/C24H22N4O2/c1-17-4-6-20(7-5-17)24-21(16-28(27-24)15-3-14-25)10-13-23(30)26-22-11-8-19(9-12-22)18(2)29/h4-13,16H,3,15H2,1-2H3,(H,26,30). The third-order valence-electron chi connectivity index (χ3n) is 4.54. The summed E-state index contributed by atoms with van der Waals surface area (Å²) in [6, 6.07) is 16.8. The Balaban J connectivity index is 1.79. The van der Waals surface area contributed by atoms with Gasteiger partial charge in [0.05, 0.1) is 24.7 Å². The van der Waals surface area contributed by atoms with Crippen molar-refractivity contribution in [1.29, 1.82) is 5.26 Å². The van der Waals surface area contributed by atoms with Crippen LogP contribution in [0.15, 0.2) is 60.8 Å². The summed E-state index contributed by atoms with van der Waals surface area (Å²) in [5.74, 6) is -0.310. The van der Waals surface area contributed by atoms with Crippen molar-refractivity contribution in [3.8, 4) is 17.3 Å². The topological polar surface area (TPSA) is 87.8 Å². The molecule has 0 unspecified atom stereocenters. The molecule has 3 rings (SSSR count). The molecule has 0 spiro atoms. The van der Waals surface area contributed by atoms with Crippen LogP contribution in [0.1, 0.15) is 34.8 Å². The van der Waals surface area contributed by atoms with Crippen LogP contribution in [0.4, 0.5) is 5.69 Å². The molecule has 1 aromatic heterocycles. The number of carbonyl (C=O) groups is 2. The van der Waals surface area contributed by atoms with E-state index < -0.39 is 0 Å². The van der Waals surface area contributed by atoms with Crippen molar-refractivity contribution in [3.05, 3.63) is 77.5 Å². The Morgan fingerprint density at radius 3 is 2.47 bits per heavy atom. The van der Waals surface area contributed by atoms with Gasteiger partial charge in [0.25, 0.3) is 0 Å². The molecule has 1 N–H and O–H groups in total. The van der Waals surface area contributed by atoms with E-state index >= 15 is 0 Å². The lowest BCUT2D eigenvalue weighted by atomic mass is 10.1. The fraction of sp³-hybridized carbons (Fsp3) is 0.167. The molecule has 0 aliphatic carbocycles. The Morgan fingerprint density at radius 1 is 1.13 bits per heavy atom. The van der Waals surface area contributed by atoms with E-state index in [9.17, 15) is 9.59 Å². The largest absolute Gasteiger partial charge is 0.323 e. The number of rotatable bonds is 7. The summed E-state index contributed by atoms with van der Waals surface area (Å²) in [5.41, 5.74) is 4.84. The summed E-state index contributed by atoms with van der Waals surface area (Å²) in [4.78, 5) is 23.7. The van der Waals surface area contributed by atoms with Gasteiger partial charge >= 0.3 is 0 Å². The lowest BCUT2D eigenvalue weighted by Gasteiger charge is -2.03. The van der Waals surface area contributed by atoms with Crippen LogP contribution in [0.5, 0.6) is 0 Å². The van der Waals surface area contributed by atoms with Crippen molar-refractivity contribution in [3.63, 3.8) is 0 Å². The molecule has 0 aliphatic heterocycles. The van der Waals surface area contributed by atoms with Gasteiger partial charge < -0.3 is 5.32 Å². The first kappa shape index (κ1) is 20.7. The molecule has 30 heavy (non-hydrogen) atoms. The number of ketones is 1. The number of amides is 1. The van der Waals surface area contributed by atoms with E-state index in [4.69, 9.17) is 5.26 Å². The Bertz CT molecular complexity index is 1120. The summed E-state index contributed by atoms with van der Waals surface area (Å²) in [6.45, 7) is 4.00. The average molecular weight is 398 g/mol. The highest BCUT2D eigenvalue weighted by Crippen LogP contribution is 2.24. The van der Waals surface area contributed by atoms with Crippen LogP contribution in [-0.4, -0.2) is 21.5 Å². The molecule has 0 fully saturated rings. The molecule has 0 saturated carbocycles. The molecule has 0 bridgehead atoms. The van der Waals surface area contributed by atoms with E-state index in [1.165, 1.54) is 13.0 Å². The minimum Gasteiger partial charge on any atom is -0.323 e. The van der Waals surface area contributed by atoms with Crippen LogP contribution in [0, 0.1) is 18.3 Å². The van der Waals surface area contributed by atoms with E-state index in [-0.39, 0.29) is 11.7 Å². The van der Waals surface area contributed by atoms with Crippen molar-refractivity contribution in [2.45, 2.75) is 26.8 Å². The number of nitrogens with one attached hydrogen (secondary N) is 1. The second-order valence-electron chi connectivity index (χ2n) is 6.93. The van der Waals surface area contributed by atoms with Crippen LogP contribution in [0.25, 0.3) is 17.3 Å². The van der Waals surface area contributed by atoms with Crippen LogP contribution < -0.4 is 5.32 Å². The molecule has 3 aromatic rings. The molecule has 0 atom stereocenters. The SMILES string of the molecule is CC(=O)c1ccc(NC(=O)C=Cc2cn(CCC#N)nc2-c2ccc(C)cc2)cc1. The second-order valence-corrected chi connectivity index (χ2v) is 6.93. The molecule has 1 amide bonds. The molecule has 0 aliphatic rings. The van der Waals surface area contributed by atoms with Crippen molar-refractivity contribution in [1.82, 2.24) is 9.78 Å². The van der Waals surface area contributed by atoms with Gasteiger partial charge in [-0.1, -0.05) is 29.8 Å². The van der Waals surface area contributed by atoms with Crippen LogP contribution in [0.2, 0.25) is 0 Å². The normalized spacial score (nSPS) is 10.7. The number of anilines is 1. The Hall–Kier alpha value is -3.98. The number of nitrogens with zero attached hydrogens (tertiary/aromatic N) is 3. The number of aryl methyl sites for hydroxylation is 2. The predicted molar refractivity (Wildman–Crippen MR) is 117 cm³/mol. The fourth-order valence-corrected chi connectivity index (χ4v) is 2.91. The maximum atomic E-state index is 12.3. The molecule has 2 aromatic carbocycles. The van der Waals surface area contributed by atoms with E-state index in [1.807, 2.05) is 37.4 Å². The predicted octanol–water partition coefficient (Wildman–Crippen LogP) is 4.63. The highest BCUT2D eigenvalue weighted by atomic mass is 16.1. The van der Waals surface area contributed by atoms with Gasteiger partial charge in [0, 0.05) is 34.7 Å². The van der Waals surface area contributed by atoms with Crippen molar-refractivity contribution in [2.75, 3.05) is 5.32 Å². The highest BCUT2D eigenvalue weighted by molar-refractivity contribution is 6.02. The highest BCUT2D eigenvalue weighted by Gasteiger charge is 2.10. The molecule has 6 nitrogen and oxygen atoms in total. The Morgan fingerprint density at radius 2 is 1.83 bits per heavy atom. The van der Waals surface area contributed by atoms with Gasteiger partial charge in [0.2, 0.25) is 5.91 Å². The molecule has 6 heteroatoms. The van der Waals surface area contributed by atoms with Gasteiger partial charge in [-0.15, -0.1) is 0 Å². The number of nitriles is 1. The number of Topliss-reactive ketones (excluding diaryl/α,β-unsaturated/α-hetero) is 1. The van der Waals surface area contributed by atoms with Crippen LogP contribution in [-0.2, 0) is 11.3 Å². The number of hydrogen-bond donors (Lipinski definition) is 1. The van der Waals surface area contributed by atoms with E-state index in [0.29, 0.717) is 24.2 Å². The zero-order valence-corrected chi connectivity index (χ0v) is 16.9. The summed E-state index contributed by atoms with van der Waals surface area (Å²) in [7, 11) is 0. The molecule has 150 valence electrons. The molecular formula is C24H22N4O2. The summed E-state index contributed by atoms with van der Waals surface area (Å²) < 4.78 is 1.72. The minimum atomic E-state index is -0.287. The zero-order chi connectivity index (χ0) is 21.5. The van der Waals surface area contributed by atoms with E-state index in [1.54, 1.807) is 35.0 Å². The van der Waals surface area contributed by atoms with E-state index in [2.05, 4.69) is 16.5 Å².